The number of nitrogens with zero attached hydrogens (tertiary/aromatic N) is 3. The predicted molar refractivity (Wildman–Crippen MR) is 93.3 cm³/mol. The van der Waals surface area contributed by atoms with Crippen molar-refractivity contribution in [1.82, 2.24) is 9.97 Å². The van der Waals surface area contributed by atoms with Crippen molar-refractivity contribution in [3.05, 3.63) is 54.1 Å². The van der Waals surface area contributed by atoms with Crippen LogP contribution in [-0.4, -0.2) is 23.1 Å². The number of rotatable bonds is 4. The van der Waals surface area contributed by atoms with Crippen LogP contribution in [0, 0.1) is 6.92 Å². The van der Waals surface area contributed by atoms with Crippen LogP contribution in [0.15, 0.2) is 48.5 Å². The zero-order valence-electron chi connectivity index (χ0n) is 13.4. The highest BCUT2D eigenvalue weighted by Crippen LogP contribution is 2.27. The highest BCUT2D eigenvalue weighted by Gasteiger charge is 2.13. The van der Waals surface area contributed by atoms with Gasteiger partial charge in [-0.1, -0.05) is 42.0 Å². The Morgan fingerprint density at radius 3 is 2.23 bits per heavy atom. The first kappa shape index (κ1) is 14.5. The van der Waals surface area contributed by atoms with Gasteiger partial charge in [0.05, 0.1) is 5.52 Å². The van der Waals surface area contributed by atoms with Gasteiger partial charge in [0.1, 0.15) is 5.82 Å². The minimum Gasteiger partial charge on any atom is -0.357 e. The molecule has 3 nitrogen and oxygen atoms in total. The summed E-state index contributed by atoms with van der Waals surface area (Å²) in [6.07, 6.45) is 0. The molecule has 0 aliphatic heterocycles. The lowest BCUT2D eigenvalue weighted by atomic mass is 10.1. The van der Waals surface area contributed by atoms with Crippen LogP contribution < -0.4 is 4.90 Å². The highest BCUT2D eigenvalue weighted by molar-refractivity contribution is 5.91. The van der Waals surface area contributed by atoms with Gasteiger partial charge in [-0.25, -0.2) is 9.97 Å². The number of aryl methyl sites for hydroxylation is 1. The van der Waals surface area contributed by atoms with E-state index in [-0.39, 0.29) is 0 Å². The first-order valence-corrected chi connectivity index (χ1v) is 7.81. The van der Waals surface area contributed by atoms with E-state index in [1.54, 1.807) is 0 Å². The van der Waals surface area contributed by atoms with Gasteiger partial charge in [0, 0.05) is 24.0 Å². The molecule has 1 heterocycles. The molecule has 1 aromatic heterocycles. The molecule has 0 unspecified atom stereocenters. The van der Waals surface area contributed by atoms with E-state index in [2.05, 4.69) is 62.1 Å². The van der Waals surface area contributed by atoms with Gasteiger partial charge < -0.3 is 4.90 Å². The van der Waals surface area contributed by atoms with Crippen molar-refractivity contribution in [2.24, 2.45) is 0 Å². The summed E-state index contributed by atoms with van der Waals surface area (Å²) in [5.74, 6) is 1.81. The van der Waals surface area contributed by atoms with E-state index in [1.165, 1.54) is 5.56 Å². The van der Waals surface area contributed by atoms with Crippen molar-refractivity contribution in [2.75, 3.05) is 18.0 Å². The molecule has 0 saturated carbocycles. The van der Waals surface area contributed by atoms with E-state index in [0.29, 0.717) is 0 Å². The Kier molecular flexibility index (Phi) is 4.05. The number of benzene rings is 2. The molecule has 0 amide bonds. The third-order valence-electron chi connectivity index (χ3n) is 3.96. The smallest absolute Gasteiger partial charge is 0.162 e. The van der Waals surface area contributed by atoms with Crippen molar-refractivity contribution in [2.45, 2.75) is 20.8 Å². The molecule has 22 heavy (non-hydrogen) atoms. The van der Waals surface area contributed by atoms with Gasteiger partial charge in [-0.05, 0) is 32.9 Å². The maximum atomic E-state index is 4.86. The lowest BCUT2D eigenvalue weighted by molar-refractivity contribution is 0.850. The summed E-state index contributed by atoms with van der Waals surface area (Å²) in [4.78, 5) is 11.9. The van der Waals surface area contributed by atoms with Crippen LogP contribution in [0.3, 0.4) is 0 Å². The quantitative estimate of drug-likeness (QED) is 0.711. The zero-order chi connectivity index (χ0) is 15.5. The molecule has 2 aromatic carbocycles. The van der Waals surface area contributed by atoms with Crippen molar-refractivity contribution < 1.29 is 0 Å². The number of anilines is 1. The molecular formula is C19H21N3. The summed E-state index contributed by atoms with van der Waals surface area (Å²) in [6, 6.07) is 16.6. The Balaban J connectivity index is 2.22. The standard InChI is InChI=1S/C19H21N3/c1-4-22(5-2)19-16-8-6-7-9-17(16)20-18(21-19)15-12-10-14(3)11-13-15/h6-13H,4-5H2,1-3H3. The molecule has 0 aliphatic carbocycles. The fourth-order valence-corrected chi connectivity index (χ4v) is 2.66. The van der Waals surface area contributed by atoms with E-state index in [4.69, 9.17) is 9.97 Å². The van der Waals surface area contributed by atoms with Crippen LogP contribution in [0.4, 0.5) is 5.82 Å². The van der Waals surface area contributed by atoms with Crippen LogP contribution >= 0.6 is 0 Å². The summed E-state index contributed by atoms with van der Waals surface area (Å²) in [5, 5.41) is 1.11. The lowest BCUT2D eigenvalue weighted by Gasteiger charge is -2.22. The molecule has 3 heteroatoms. The molecule has 0 fully saturated rings. The van der Waals surface area contributed by atoms with Crippen LogP contribution in [0.2, 0.25) is 0 Å². The molecule has 0 bridgehead atoms. The first-order valence-electron chi connectivity index (χ1n) is 7.81. The van der Waals surface area contributed by atoms with Crippen molar-refractivity contribution >= 4 is 16.7 Å². The van der Waals surface area contributed by atoms with E-state index >= 15 is 0 Å². The molecule has 0 atom stereocenters. The molecule has 0 aliphatic rings. The van der Waals surface area contributed by atoms with E-state index in [9.17, 15) is 0 Å². The minimum atomic E-state index is 0.792. The van der Waals surface area contributed by atoms with E-state index in [1.807, 2.05) is 12.1 Å². The van der Waals surface area contributed by atoms with Crippen molar-refractivity contribution in [3.8, 4) is 11.4 Å². The lowest BCUT2D eigenvalue weighted by Crippen LogP contribution is -2.23. The van der Waals surface area contributed by atoms with Gasteiger partial charge in [0.15, 0.2) is 5.82 Å². The largest absolute Gasteiger partial charge is 0.357 e. The number of aromatic nitrogens is 2. The monoisotopic (exact) mass is 291 g/mol. The third-order valence-corrected chi connectivity index (χ3v) is 3.96. The Labute approximate surface area is 131 Å². The van der Waals surface area contributed by atoms with Crippen molar-refractivity contribution in [1.29, 1.82) is 0 Å². The molecule has 0 radical (unpaired) electrons. The predicted octanol–water partition coefficient (Wildman–Crippen LogP) is 4.45. The highest BCUT2D eigenvalue weighted by atomic mass is 15.2. The zero-order valence-corrected chi connectivity index (χ0v) is 13.4. The molecule has 3 aromatic rings. The molecule has 3 rings (SSSR count). The van der Waals surface area contributed by atoms with Crippen LogP contribution in [-0.2, 0) is 0 Å². The minimum absolute atomic E-state index is 0.792. The van der Waals surface area contributed by atoms with Gasteiger partial charge in [-0.2, -0.15) is 0 Å². The maximum absolute atomic E-state index is 4.86. The van der Waals surface area contributed by atoms with Gasteiger partial charge in [0.25, 0.3) is 0 Å². The van der Waals surface area contributed by atoms with Crippen LogP contribution in [0.25, 0.3) is 22.3 Å². The number of hydrogen-bond acceptors (Lipinski definition) is 3. The van der Waals surface area contributed by atoms with Gasteiger partial charge >= 0.3 is 0 Å². The summed E-state index contributed by atoms with van der Waals surface area (Å²) in [6.45, 7) is 8.28. The molecule has 0 saturated heterocycles. The summed E-state index contributed by atoms with van der Waals surface area (Å²) < 4.78 is 0. The van der Waals surface area contributed by atoms with Gasteiger partial charge in [0.2, 0.25) is 0 Å². The Morgan fingerprint density at radius 1 is 0.864 bits per heavy atom. The van der Waals surface area contributed by atoms with E-state index < -0.39 is 0 Å². The first-order chi connectivity index (χ1) is 10.7. The van der Waals surface area contributed by atoms with E-state index in [0.717, 1.165) is 41.2 Å². The SMILES string of the molecule is CCN(CC)c1nc(-c2ccc(C)cc2)nc2ccccc12. The Morgan fingerprint density at radius 2 is 1.55 bits per heavy atom. The Hall–Kier alpha value is -2.42. The van der Waals surface area contributed by atoms with Crippen LogP contribution in [0.1, 0.15) is 19.4 Å². The fourth-order valence-electron chi connectivity index (χ4n) is 2.66. The topological polar surface area (TPSA) is 29.0 Å². The fraction of sp³-hybridized carbons (Fsp3) is 0.263. The molecule has 0 spiro atoms. The molecule has 112 valence electrons. The van der Waals surface area contributed by atoms with Gasteiger partial charge in [-0.3, -0.25) is 0 Å². The van der Waals surface area contributed by atoms with Crippen LogP contribution in [0.5, 0.6) is 0 Å². The number of fused-ring (bicyclic) bond motifs is 1. The maximum Gasteiger partial charge on any atom is 0.162 e. The second kappa shape index (κ2) is 6.14. The Bertz CT molecular complexity index is 774. The number of hydrogen-bond donors (Lipinski definition) is 0. The normalized spacial score (nSPS) is 10.9. The van der Waals surface area contributed by atoms with Gasteiger partial charge in [-0.15, -0.1) is 0 Å². The van der Waals surface area contributed by atoms with Crippen molar-refractivity contribution in [3.63, 3.8) is 0 Å². The second-order valence-electron chi connectivity index (χ2n) is 5.43. The second-order valence-corrected chi connectivity index (χ2v) is 5.43. The molecule has 0 N–H and O–H groups in total. The summed E-state index contributed by atoms with van der Waals surface area (Å²) >= 11 is 0. The average molecular weight is 291 g/mol. The summed E-state index contributed by atoms with van der Waals surface area (Å²) in [5.41, 5.74) is 3.30. The average Bonchev–Trinajstić information content (AvgIpc) is 2.56. The molecular weight excluding hydrogens is 270 g/mol. The number of para-hydroxylation sites is 1. The summed E-state index contributed by atoms with van der Waals surface area (Å²) in [7, 11) is 0. The third kappa shape index (κ3) is 2.67.